The van der Waals surface area contributed by atoms with E-state index in [-0.39, 0.29) is 17.9 Å². The maximum absolute atomic E-state index is 12.1. The van der Waals surface area contributed by atoms with Crippen LogP contribution in [0.2, 0.25) is 5.02 Å². The van der Waals surface area contributed by atoms with E-state index < -0.39 is 0 Å². The molecule has 0 aliphatic heterocycles. The van der Waals surface area contributed by atoms with Gasteiger partial charge >= 0.3 is 0 Å². The number of aliphatic hydroxyl groups excluding tert-OH is 1. The highest BCUT2D eigenvalue weighted by atomic mass is 35.5. The number of hydrogen-bond donors (Lipinski definition) is 3. The van der Waals surface area contributed by atoms with Gasteiger partial charge in [0.15, 0.2) is 0 Å². The van der Waals surface area contributed by atoms with Gasteiger partial charge in [0.05, 0.1) is 17.2 Å². The molecule has 0 saturated carbocycles. The van der Waals surface area contributed by atoms with Crippen molar-refractivity contribution < 1.29 is 9.90 Å². The molecule has 0 unspecified atom stereocenters. The molecule has 0 fully saturated rings. The molecule has 0 spiro atoms. The SMILES string of the molecule is CCC(CC)(CO)CNC(=O)c1cc(S)ccc1Cl. The summed E-state index contributed by atoms with van der Waals surface area (Å²) in [4.78, 5) is 12.8. The first-order valence-electron chi connectivity index (χ1n) is 6.35. The first-order valence-corrected chi connectivity index (χ1v) is 7.18. The number of carbonyl (C=O) groups is 1. The molecule has 1 rings (SSSR count). The van der Waals surface area contributed by atoms with Crippen LogP contribution < -0.4 is 5.32 Å². The highest BCUT2D eigenvalue weighted by Crippen LogP contribution is 2.25. The monoisotopic (exact) mass is 301 g/mol. The van der Waals surface area contributed by atoms with E-state index in [0.29, 0.717) is 22.0 Å². The lowest BCUT2D eigenvalue weighted by Gasteiger charge is -2.29. The number of aliphatic hydroxyl groups is 1. The van der Waals surface area contributed by atoms with Gasteiger partial charge in [0, 0.05) is 16.9 Å². The predicted molar refractivity (Wildman–Crippen MR) is 81.1 cm³/mol. The molecular weight excluding hydrogens is 282 g/mol. The lowest BCUT2D eigenvalue weighted by atomic mass is 9.83. The Labute approximate surface area is 124 Å². The third-order valence-electron chi connectivity index (χ3n) is 3.65. The van der Waals surface area contributed by atoms with Gasteiger partial charge in [-0.3, -0.25) is 4.79 Å². The van der Waals surface area contributed by atoms with Crippen LogP contribution in [0.3, 0.4) is 0 Å². The van der Waals surface area contributed by atoms with Gasteiger partial charge in [0.25, 0.3) is 5.91 Å². The molecule has 0 aromatic heterocycles. The molecule has 0 atom stereocenters. The standard InChI is InChI=1S/C14H20ClNO2S/c1-3-14(4-2,9-17)8-16-13(18)11-7-10(19)5-6-12(11)15/h5-7,17,19H,3-4,8-9H2,1-2H3,(H,16,18). The van der Waals surface area contributed by atoms with E-state index in [2.05, 4.69) is 17.9 Å². The normalized spacial score (nSPS) is 11.4. The van der Waals surface area contributed by atoms with E-state index in [1.165, 1.54) is 0 Å². The summed E-state index contributed by atoms with van der Waals surface area (Å²) in [7, 11) is 0. The van der Waals surface area contributed by atoms with Crippen molar-refractivity contribution in [1.29, 1.82) is 0 Å². The average Bonchev–Trinajstić information content (AvgIpc) is 2.43. The molecule has 2 N–H and O–H groups in total. The van der Waals surface area contributed by atoms with Gasteiger partial charge in [-0.15, -0.1) is 12.6 Å². The van der Waals surface area contributed by atoms with E-state index >= 15 is 0 Å². The number of benzene rings is 1. The zero-order valence-corrected chi connectivity index (χ0v) is 12.9. The van der Waals surface area contributed by atoms with Crippen LogP contribution in [0, 0.1) is 5.41 Å². The molecule has 0 aliphatic carbocycles. The summed E-state index contributed by atoms with van der Waals surface area (Å²) < 4.78 is 0. The number of nitrogens with one attached hydrogen (secondary N) is 1. The molecule has 3 nitrogen and oxygen atoms in total. The predicted octanol–water partition coefficient (Wildman–Crippen LogP) is 3.16. The fraction of sp³-hybridized carbons (Fsp3) is 0.500. The van der Waals surface area contributed by atoms with Crippen molar-refractivity contribution in [3.05, 3.63) is 28.8 Å². The molecule has 5 heteroatoms. The summed E-state index contributed by atoms with van der Waals surface area (Å²) in [6, 6.07) is 5.02. The van der Waals surface area contributed by atoms with E-state index in [9.17, 15) is 9.90 Å². The van der Waals surface area contributed by atoms with Gasteiger partial charge in [-0.2, -0.15) is 0 Å². The van der Waals surface area contributed by atoms with E-state index in [1.807, 2.05) is 13.8 Å². The Kier molecular flexibility index (Phi) is 6.17. The van der Waals surface area contributed by atoms with Crippen molar-refractivity contribution in [2.75, 3.05) is 13.2 Å². The van der Waals surface area contributed by atoms with Crippen LogP contribution in [0.5, 0.6) is 0 Å². The van der Waals surface area contributed by atoms with Crippen molar-refractivity contribution in [1.82, 2.24) is 5.32 Å². The number of amides is 1. The fourth-order valence-corrected chi connectivity index (χ4v) is 2.24. The Morgan fingerprint density at radius 3 is 2.58 bits per heavy atom. The van der Waals surface area contributed by atoms with Crippen LogP contribution in [-0.4, -0.2) is 24.2 Å². The van der Waals surface area contributed by atoms with E-state index in [0.717, 1.165) is 12.8 Å². The molecule has 0 bridgehead atoms. The van der Waals surface area contributed by atoms with Gasteiger partial charge < -0.3 is 10.4 Å². The first kappa shape index (κ1) is 16.3. The molecule has 1 amide bonds. The third kappa shape index (κ3) is 4.13. The number of halogens is 1. The minimum atomic E-state index is -0.263. The zero-order valence-electron chi connectivity index (χ0n) is 11.2. The lowest BCUT2D eigenvalue weighted by molar-refractivity contribution is 0.0851. The van der Waals surface area contributed by atoms with Gasteiger partial charge in [-0.05, 0) is 31.0 Å². The molecule has 0 radical (unpaired) electrons. The Morgan fingerprint density at radius 2 is 2.05 bits per heavy atom. The summed E-state index contributed by atoms with van der Waals surface area (Å²) in [5.41, 5.74) is 0.147. The third-order valence-corrected chi connectivity index (χ3v) is 4.26. The van der Waals surface area contributed by atoms with Crippen molar-refractivity contribution in [2.24, 2.45) is 5.41 Å². The molecule has 1 aromatic carbocycles. The molecule has 0 heterocycles. The highest BCUT2D eigenvalue weighted by molar-refractivity contribution is 7.80. The van der Waals surface area contributed by atoms with Crippen molar-refractivity contribution in [3.8, 4) is 0 Å². The quantitative estimate of drug-likeness (QED) is 0.707. The van der Waals surface area contributed by atoms with Crippen LogP contribution in [0.4, 0.5) is 0 Å². The summed E-state index contributed by atoms with van der Waals surface area (Å²) >= 11 is 10.2. The van der Waals surface area contributed by atoms with Crippen LogP contribution in [0.25, 0.3) is 0 Å². The van der Waals surface area contributed by atoms with Crippen molar-refractivity contribution in [3.63, 3.8) is 0 Å². The maximum atomic E-state index is 12.1. The van der Waals surface area contributed by atoms with E-state index in [1.54, 1.807) is 18.2 Å². The molecule has 19 heavy (non-hydrogen) atoms. The van der Waals surface area contributed by atoms with Gasteiger partial charge in [-0.1, -0.05) is 25.4 Å². The fourth-order valence-electron chi connectivity index (χ4n) is 1.83. The largest absolute Gasteiger partial charge is 0.396 e. The number of carbonyl (C=O) groups excluding carboxylic acids is 1. The van der Waals surface area contributed by atoms with Crippen LogP contribution >= 0.6 is 24.2 Å². The Bertz CT molecular complexity index is 439. The van der Waals surface area contributed by atoms with Crippen LogP contribution in [0.15, 0.2) is 23.1 Å². The summed E-state index contributed by atoms with van der Waals surface area (Å²) in [6.07, 6.45) is 1.61. The average molecular weight is 302 g/mol. The second kappa shape index (κ2) is 7.17. The van der Waals surface area contributed by atoms with Crippen LogP contribution in [-0.2, 0) is 0 Å². The molecule has 0 aliphatic rings. The highest BCUT2D eigenvalue weighted by Gasteiger charge is 2.26. The number of thiol groups is 1. The second-order valence-corrected chi connectivity index (χ2v) is 5.64. The second-order valence-electron chi connectivity index (χ2n) is 4.71. The topological polar surface area (TPSA) is 49.3 Å². The summed E-state index contributed by atoms with van der Waals surface area (Å²) in [6.45, 7) is 4.50. The summed E-state index contributed by atoms with van der Waals surface area (Å²) in [5.74, 6) is -0.236. The maximum Gasteiger partial charge on any atom is 0.252 e. The first-order chi connectivity index (χ1) is 8.98. The number of rotatable bonds is 6. The van der Waals surface area contributed by atoms with Crippen molar-refractivity contribution >= 4 is 30.1 Å². The van der Waals surface area contributed by atoms with Gasteiger partial charge in [0.1, 0.15) is 0 Å². The summed E-state index contributed by atoms with van der Waals surface area (Å²) in [5, 5.41) is 12.7. The minimum Gasteiger partial charge on any atom is -0.396 e. The van der Waals surface area contributed by atoms with Gasteiger partial charge in [-0.25, -0.2) is 0 Å². The molecule has 0 saturated heterocycles. The Balaban J connectivity index is 2.77. The number of hydrogen-bond acceptors (Lipinski definition) is 3. The Hall–Kier alpha value is -0.710. The van der Waals surface area contributed by atoms with Crippen molar-refractivity contribution in [2.45, 2.75) is 31.6 Å². The smallest absolute Gasteiger partial charge is 0.252 e. The van der Waals surface area contributed by atoms with Crippen LogP contribution in [0.1, 0.15) is 37.0 Å². The Morgan fingerprint density at radius 1 is 1.42 bits per heavy atom. The zero-order chi connectivity index (χ0) is 14.5. The molecular formula is C14H20ClNO2S. The molecule has 1 aromatic rings. The molecule has 106 valence electrons. The van der Waals surface area contributed by atoms with Gasteiger partial charge in [0.2, 0.25) is 0 Å². The van der Waals surface area contributed by atoms with E-state index in [4.69, 9.17) is 11.6 Å². The lowest BCUT2D eigenvalue weighted by Crippen LogP contribution is -2.39. The minimum absolute atomic E-state index is 0.0562.